The lowest BCUT2D eigenvalue weighted by molar-refractivity contribution is 0.0635. The highest BCUT2D eigenvalue weighted by Gasteiger charge is 2.30. The molecule has 1 aliphatic heterocycles. The normalized spacial score (nSPS) is 15.9. The topological polar surface area (TPSA) is 88.5 Å². The van der Waals surface area contributed by atoms with Crippen LogP contribution in [0.3, 0.4) is 0 Å². The van der Waals surface area contributed by atoms with Gasteiger partial charge in [0.15, 0.2) is 0 Å². The van der Waals surface area contributed by atoms with Gasteiger partial charge in [-0.3, -0.25) is 14.3 Å². The highest BCUT2D eigenvalue weighted by Crippen LogP contribution is 2.35. The van der Waals surface area contributed by atoms with Crippen LogP contribution in [0.25, 0.3) is 21.1 Å². The van der Waals surface area contributed by atoms with Crippen molar-refractivity contribution in [2.24, 2.45) is 0 Å². The van der Waals surface area contributed by atoms with Crippen molar-refractivity contribution >= 4 is 55.8 Å². The minimum absolute atomic E-state index is 0.0425. The highest BCUT2D eigenvalue weighted by atomic mass is 32.1. The molecule has 0 unspecified atom stereocenters. The second-order valence-electron chi connectivity index (χ2n) is 8.51. The van der Waals surface area contributed by atoms with Gasteiger partial charge in [0.05, 0.1) is 38.9 Å². The van der Waals surface area contributed by atoms with E-state index in [9.17, 15) is 9.59 Å². The fraction of sp³-hybridized carbons (Fsp3) is 0.320. The van der Waals surface area contributed by atoms with Crippen LogP contribution in [-0.2, 0) is 4.74 Å². The Kier molecular flexibility index (Phi) is 5.97. The Morgan fingerprint density at radius 3 is 2.88 bits per heavy atom. The molecular formula is C25H27N5O3S. The van der Waals surface area contributed by atoms with Crippen molar-refractivity contribution in [2.75, 3.05) is 32.6 Å². The number of nitrogens with one attached hydrogen (secondary N) is 2. The molecule has 0 radical (unpaired) electrons. The van der Waals surface area contributed by atoms with Crippen molar-refractivity contribution in [3.05, 3.63) is 53.2 Å². The predicted octanol–water partition coefficient (Wildman–Crippen LogP) is 4.74. The third-order valence-electron chi connectivity index (χ3n) is 6.30. The van der Waals surface area contributed by atoms with Crippen LogP contribution in [-0.4, -0.2) is 59.7 Å². The summed E-state index contributed by atoms with van der Waals surface area (Å²) in [4.78, 5) is 32.6. The highest BCUT2D eigenvalue weighted by molar-refractivity contribution is 7.21. The number of carbonyl (C=O) groups excluding carboxylic acids is 2. The summed E-state index contributed by atoms with van der Waals surface area (Å²) in [6.45, 7) is 3.23. The van der Waals surface area contributed by atoms with Gasteiger partial charge in [0.1, 0.15) is 0 Å². The van der Waals surface area contributed by atoms with E-state index in [1.54, 1.807) is 24.9 Å². The molecule has 1 atom stereocenters. The summed E-state index contributed by atoms with van der Waals surface area (Å²) in [5.74, 6) is 0.0425. The molecule has 0 spiro atoms. The maximum atomic E-state index is 13.2. The maximum Gasteiger partial charge on any atom is 0.325 e. The van der Waals surface area contributed by atoms with Crippen LogP contribution in [0.2, 0.25) is 0 Å². The molecule has 3 aromatic heterocycles. The Hall–Kier alpha value is -3.43. The minimum Gasteiger partial charge on any atom is -0.383 e. The minimum atomic E-state index is -0.162. The monoisotopic (exact) mass is 477 g/mol. The number of anilines is 2. The first-order valence-corrected chi connectivity index (χ1v) is 12.1. The maximum absolute atomic E-state index is 13.2. The lowest BCUT2D eigenvalue weighted by Gasteiger charge is -2.23. The van der Waals surface area contributed by atoms with Gasteiger partial charge in [-0.05, 0) is 56.2 Å². The number of likely N-dealkylation sites (tertiary alicyclic amines) is 1. The quantitative estimate of drug-likeness (QED) is 0.433. The summed E-state index contributed by atoms with van der Waals surface area (Å²) in [7, 11) is 3.30. The molecule has 176 valence electrons. The molecule has 9 heteroatoms. The van der Waals surface area contributed by atoms with Crippen molar-refractivity contribution < 1.29 is 14.3 Å². The van der Waals surface area contributed by atoms with Gasteiger partial charge in [0, 0.05) is 43.7 Å². The van der Waals surface area contributed by atoms with E-state index in [4.69, 9.17) is 4.74 Å². The summed E-state index contributed by atoms with van der Waals surface area (Å²) in [6, 6.07) is 11.7. The molecule has 34 heavy (non-hydrogen) atoms. The van der Waals surface area contributed by atoms with Crippen molar-refractivity contribution in [1.82, 2.24) is 19.8 Å². The van der Waals surface area contributed by atoms with Gasteiger partial charge in [-0.25, -0.2) is 4.79 Å². The van der Waals surface area contributed by atoms with Gasteiger partial charge in [0.25, 0.3) is 5.91 Å². The number of carbonyl (C=O) groups is 2. The number of benzene rings is 1. The fourth-order valence-electron chi connectivity index (χ4n) is 4.72. The molecular weight excluding hydrogens is 450 g/mol. The first-order valence-electron chi connectivity index (χ1n) is 11.3. The third-order valence-corrected chi connectivity index (χ3v) is 7.45. The molecule has 0 saturated carbocycles. The summed E-state index contributed by atoms with van der Waals surface area (Å²) < 4.78 is 7.91. The first-order chi connectivity index (χ1) is 16.5. The number of thiophene rings is 1. The summed E-state index contributed by atoms with van der Waals surface area (Å²) in [6.07, 6.45) is 3.72. The van der Waals surface area contributed by atoms with Gasteiger partial charge in [-0.1, -0.05) is 0 Å². The number of fused-ring (bicyclic) bond motifs is 2. The van der Waals surface area contributed by atoms with E-state index in [1.165, 1.54) is 11.3 Å². The second-order valence-corrected chi connectivity index (χ2v) is 9.56. The second kappa shape index (κ2) is 9.08. The number of hydrogen-bond donors (Lipinski definition) is 2. The number of nitrogens with zero attached hydrogens (tertiary/aromatic N) is 3. The zero-order valence-electron chi connectivity index (χ0n) is 19.4. The van der Waals surface area contributed by atoms with Crippen LogP contribution >= 0.6 is 11.3 Å². The van der Waals surface area contributed by atoms with Crippen LogP contribution in [0.5, 0.6) is 0 Å². The van der Waals surface area contributed by atoms with Crippen LogP contribution in [0, 0.1) is 6.92 Å². The molecule has 4 heterocycles. The van der Waals surface area contributed by atoms with Crippen LogP contribution in [0.1, 0.15) is 28.2 Å². The van der Waals surface area contributed by atoms with Gasteiger partial charge < -0.3 is 20.3 Å². The predicted molar refractivity (Wildman–Crippen MR) is 135 cm³/mol. The van der Waals surface area contributed by atoms with Gasteiger partial charge in [-0.2, -0.15) is 0 Å². The number of hydrogen-bond acceptors (Lipinski definition) is 6. The lowest BCUT2D eigenvalue weighted by Crippen LogP contribution is -2.37. The van der Waals surface area contributed by atoms with Crippen molar-refractivity contribution in [2.45, 2.75) is 25.8 Å². The van der Waals surface area contributed by atoms with Crippen molar-refractivity contribution in [1.29, 1.82) is 0 Å². The number of aryl methyl sites for hydroxylation is 1. The number of ether oxygens (including phenoxy) is 1. The Morgan fingerprint density at radius 2 is 2.09 bits per heavy atom. The Balaban J connectivity index is 1.45. The molecule has 5 rings (SSSR count). The summed E-state index contributed by atoms with van der Waals surface area (Å²) in [5.41, 5.74) is 4.31. The Morgan fingerprint density at radius 1 is 1.24 bits per heavy atom. The largest absolute Gasteiger partial charge is 0.383 e. The van der Waals surface area contributed by atoms with E-state index in [0.29, 0.717) is 11.5 Å². The zero-order valence-corrected chi connectivity index (χ0v) is 20.2. The number of methoxy groups -OCH3 is 1. The zero-order chi connectivity index (χ0) is 23.8. The Bertz CT molecular complexity index is 1390. The molecule has 0 bridgehead atoms. The van der Waals surface area contributed by atoms with E-state index in [1.807, 2.05) is 48.2 Å². The average molecular weight is 478 g/mol. The smallest absolute Gasteiger partial charge is 0.325 e. The number of rotatable bonds is 5. The molecule has 4 aromatic rings. The lowest BCUT2D eigenvalue weighted by atomic mass is 10.2. The SMILES string of the molecule is CNC(=O)n1c(C)cc2cc(Nc3ccnc4cc(C(=O)N5CCC[C@@H]5COC)sc34)ccc21. The number of aromatic nitrogens is 2. The van der Waals surface area contributed by atoms with Gasteiger partial charge in [-0.15, -0.1) is 11.3 Å². The van der Waals surface area contributed by atoms with Crippen LogP contribution in [0.15, 0.2) is 42.6 Å². The van der Waals surface area contributed by atoms with E-state index < -0.39 is 0 Å². The summed E-state index contributed by atoms with van der Waals surface area (Å²) in [5, 5.41) is 7.13. The Labute approximate surface area is 201 Å². The molecule has 2 N–H and O–H groups in total. The van der Waals surface area contributed by atoms with E-state index in [2.05, 4.69) is 15.6 Å². The van der Waals surface area contributed by atoms with Crippen molar-refractivity contribution in [3.63, 3.8) is 0 Å². The van der Waals surface area contributed by atoms with E-state index in [0.717, 1.165) is 57.6 Å². The molecule has 0 aliphatic carbocycles. The van der Waals surface area contributed by atoms with Gasteiger partial charge in [0.2, 0.25) is 0 Å². The van der Waals surface area contributed by atoms with E-state index in [-0.39, 0.29) is 18.0 Å². The molecule has 1 aromatic carbocycles. The van der Waals surface area contributed by atoms with Crippen LogP contribution in [0.4, 0.5) is 16.2 Å². The fourth-order valence-corrected chi connectivity index (χ4v) is 5.76. The third kappa shape index (κ3) is 3.91. The number of amides is 2. The molecule has 1 saturated heterocycles. The summed E-state index contributed by atoms with van der Waals surface area (Å²) >= 11 is 1.46. The van der Waals surface area contributed by atoms with Crippen molar-refractivity contribution in [3.8, 4) is 0 Å². The molecule has 1 fully saturated rings. The van der Waals surface area contributed by atoms with E-state index >= 15 is 0 Å². The first kappa shape index (κ1) is 22.4. The molecule has 8 nitrogen and oxygen atoms in total. The number of pyridine rings is 1. The molecule has 1 aliphatic rings. The standard InChI is InChI=1S/C25H27N5O3S/c1-15-11-16-12-17(6-7-21(16)30(15)25(32)26-2)28-19-8-9-27-20-13-22(34-23(19)20)24(31)29-10-4-5-18(29)14-33-3/h6-9,11-13,18H,4-5,10,14H2,1-3H3,(H,26,32)(H,27,28)/t18-/m1/s1. The van der Waals surface area contributed by atoms with Gasteiger partial charge >= 0.3 is 6.03 Å². The average Bonchev–Trinajstić information content (AvgIpc) is 3.55. The van der Waals surface area contributed by atoms with Crippen LogP contribution < -0.4 is 10.6 Å². The molecule has 2 amide bonds.